The molecule has 0 aliphatic carbocycles. The monoisotopic (exact) mass is 379 g/mol. The van der Waals surface area contributed by atoms with E-state index in [2.05, 4.69) is 5.32 Å². The Morgan fingerprint density at radius 3 is 2.44 bits per heavy atom. The molecule has 134 valence electrons. The first kappa shape index (κ1) is 19.6. The summed E-state index contributed by atoms with van der Waals surface area (Å²) in [5.41, 5.74) is 0.345. The molecule has 0 bridgehead atoms. The van der Waals surface area contributed by atoms with Crippen LogP contribution in [0.2, 0.25) is 5.02 Å². The number of carbonyl (C=O) groups excluding carboxylic acids is 2. The van der Waals surface area contributed by atoms with Crippen LogP contribution in [0.15, 0.2) is 36.4 Å². The van der Waals surface area contributed by atoms with E-state index in [1.807, 2.05) is 36.4 Å². The van der Waals surface area contributed by atoms with Gasteiger partial charge in [0.25, 0.3) is 0 Å². The quantitative estimate of drug-likeness (QED) is 0.827. The lowest BCUT2D eigenvalue weighted by Gasteiger charge is -2.23. The fourth-order valence-electron chi connectivity index (χ4n) is 2.41. The van der Waals surface area contributed by atoms with Crippen molar-refractivity contribution in [2.24, 2.45) is 0 Å². The second-order valence-electron chi connectivity index (χ2n) is 6.75. The molecule has 0 spiro atoms. The Kier molecular flexibility index (Phi) is 6.36. The van der Waals surface area contributed by atoms with E-state index in [0.29, 0.717) is 11.4 Å². The van der Waals surface area contributed by atoms with Crippen LogP contribution in [-0.4, -0.2) is 29.1 Å². The molecule has 4 nitrogen and oxygen atoms in total. The second kappa shape index (κ2) is 8.11. The van der Waals surface area contributed by atoms with Crippen LogP contribution in [0, 0.1) is 0 Å². The van der Waals surface area contributed by atoms with E-state index in [-0.39, 0.29) is 5.12 Å². The molecule has 0 saturated carbocycles. The zero-order valence-electron chi connectivity index (χ0n) is 14.8. The molecule has 25 heavy (non-hydrogen) atoms. The van der Waals surface area contributed by atoms with E-state index in [0.717, 1.165) is 28.1 Å². The Hall–Kier alpha value is -1.72. The molecule has 1 atom stereocenters. The highest BCUT2D eigenvalue weighted by atomic mass is 35.5. The number of hydrogen-bond donors (Lipinski definition) is 1. The number of amides is 1. The number of ether oxygens (including phenoxy) is 1. The van der Waals surface area contributed by atoms with Crippen LogP contribution in [-0.2, 0) is 16.0 Å². The summed E-state index contributed by atoms with van der Waals surface area (Å²) in [6.07, 6.45) is 1.51. The highest BCUT2D eigenvalue weighted by Gasteiger charge is 2.24. The summed E-state index contributed by atoms with van der Waals surface area (Å²) in [5, 5.41) is 5.32. The number of alkyl carbamates (subject to hydrolysis) is 1. The molecule has 0 aliphatic heterocycles. The lowest BCUT2D eigenvalue weighted by molar-refractivity contribution is -0.112. The standard InChI is InChI=1S/C19H22ClNO3S/c1-19(2,3)24-18(23)21-16(17(22)25-4)10-12-5-6-14-11-15(20)8-7-13(14)9-12/h5-9,11,16H,10H2,1-4H3,(H,21,23)/t16-/m0/s1. The molecule has 0 aromatic heterocycles. The minimum Gasteiger partial charge on any atom is -0.444 e. The highest BCUT2D eigenvalue weighted by Crippen LogP contribution is 2.22. The number of hydrogen-bond acceptors (Lipinski definition) is 4. The Labute approximate surface area is 157 Å². The molecule has 1 amide bonds. The first-order chi connectivity index (χ1) is 11.7. The summed E-state index contributed by atoms with van der Waals surface area (Å²) in [7, 11) is 0. The van der Waals surface area contributed by atoms with Gasteiger partial charge in [-0.2, -0.15) is 0 Å². The van der Waals surface area contributed by atoms with Crippen LogP contribution < -0.4 is 5.32 Å². The molecule has 0 heterocycles. The van der Waals surface area contributed by atoms with Crippen molar-refractivity contribution in [2.45, 2.75) is 38.8 Å². The summed E-state index contributed by atoms with van der Waals surface area (Å²) < 4.78 is 5.26. The largest absolute Gasteiger partial charge is 0.444 e. The molecule has 0 aliphatic rings. The fourth-order valence-corrected chi connectivity index (χ4v) is 3.02. The van der Waals surface area contributed by atoms with E-state index in [1.165, 1.54) is 0 Å². The molecular formula is C19H22ClNO3S. The van der Waals surface area contributed by atoms with Crippen LogP contribution in [0.25, 0.3) is 10.8 Å². The predicted molar refractivity (Wildman–Crippen MR) is 104 cm³/mol. The molecule has 6 heteroatoms. The summed E-state index contributed by atoms with van der Waals surface area (Å²) in [4.78, 5) is 24.2. The van der Waals surface area contributed by atoms with Gasteiger partial charge < -0.3 is 10.1 Å². The molecule has 2 aromatic carbocycles. The number of rotatable bonds is 4. The van der Waals surface area contributed by atoms with Gasteiger partial charge in [0.15, 0.2) is 0 Å². The lowest BCUT2D eigenvalue weighted by Crippen LogP contribution is -2.43. The summed E-state index contributed by atoms with van der Waals surface area (Å²) >= 11 is 7.10. The smallest absolute Gasteiger partial charge is 0.408 e. The van der Waals surface area contributed by atoms with Gasteiger partial charge in [-0.1, -0.05) is 47.6 Å². The van der Waals surface area contributed by atoms with Gasteiger partial charge in [-0.3, -0.25) is 4.79 Å². The lowest BCUT2D eigenvalue weighted by atomic mass is 10.0. The third-order valence-corrected chi connectivity index (χ3v) is 4.41. The van der Waals surface area contributed by atoms with Crippen molar-refractivity contribution in [1.29, 1.82) is 0 Å². The van der Waals surface area contributed by atoms with Gasteiger partial charge in [0, 0.05) is 11.4 Å². The molecule has 0 saturated heterocycles. The molecule has 0 radical (unpaired) electrons. The van der Waals surface area contributed by atoms with Gasteiger partial charge in [0.2, 0.25) is 5.12 Å². The van der Waals surface area contributed by atoms with Crippen LogP contribution in [0.1, 0.15) is 26.3 Å². The number of carbonyl (C=O) groups is 2. The summed E-state index contributed by atoms with van der Waals surface area (Å²) in [6.45, 7) is 5.35. The third kappa shape index (κ3) is 5.94. The second-order valence-corrected chi connectivity index (χ2v) is 8.00. The van der Waals surface area contributed by atoms with Crippen LogP contribution >= 0.6 is 23.4 Å². The van der Waals surface area contributed by atoms with Crippen LogP contribution in [0.4, 0.5) is 4.79 Å². The maximum absolute atomic E-state index is 12.2. The van der Waals surface area contributed by atoms with Crippen molar-refractivity contribution in [3.63, 3.8) is 0 Å². The van der Waals surface area contributed by atoms with Gasteiger partial charge in [0.05, 0.1) is 0 Å². The zero-order chi connectivity index (χ0) is 18.6. The van der Waals surface area contributed by atoms with Crippen molar-refractivity contribution in [2.75, 3.05) is 6.26 Å². The minimum atomic E-state index is -0.644. The van der Waals surface area contributed by atoms with Crippen molar-refractivity contribution < 1.29 is 14.3 Å². The maximum atomic E-state index is 12.2. The summed E-state index contributed by atoms with van der Waals surface area (Å²) in [5.74, 6) is 0. The average Bonchev–Trinajstić information content (AvgIpc) is 2.51. The number of benzene rings is 2. The van der Waals surface area contributed by atoms with Crippen molar-refractivity contribution >= 4 is 45.3 Å². The SMILES string of the molecule is CSC(=O)[C@H](Cc1ccc2cc(Cl)ccc2c1)NC(=O)OC(C)(C)C. The molecule has 0 unspecified atom stereocenters. The van der Waals surface area contributed by atoms with E-state index in [9.17, 15) is 9.59 Å². The Balaban J connectivity index is 2.17. The normalized spacial score (nSPS) is 12.7. The molecule has 2 rings (SSSR count). The first-order valence-electron chi connectivity index (χ1n) is 7.93. The molecule has 1 N–H and O–H groups in total. The molecule has 2 aromatic rings. The van der Waals surface area contributed by atoms with E-state index >= 15 is 0 Å². The number of nitrogens with one attached hydrogen (secondary N) is 1. The maximum Gasteiger partial charge on any atom is 0.408 e. The zero-order valence-corrected chi connectivity index (χ0v) is 16.3. The van der Waals surface area contributed by atoms with E-state index in [4.69, 9.17) is 16.3 Å². The Bertz CT molecular complexity index is 786. The van der Waals surface area contributed by atoms with E-state index < -0.39 is 17.7 Å². The highest BCUT2D eigenvalue weighted by molar-refractivity contribution is 8.13. The Morgan fingerprint density at radius 2 is 1.80 bits per heavy atom. The number of thioether (sulfide) groups is 1. The molecule has 0 fully saturated rings. The predicted octanol–water partition coefficient (Wildman–Crippen LogP) is 4.82. The van der Waals surface area contributed by atoms with E-state index in [1.54, 1.807) is 27.0 Å². The van der Waals surface area contributed by atoms with Gasteiger partial charge in [-0.15, -0.1) is 0 Å². The van der Waals surface area contributed by atoms with Crippen LogP contribution in [0.3, 0.4) is 0 Å². The van der Waals surface area contributed by atoms with Crippen molar-refractivity contribution in [1.82, 2.24) is 5.32 Å². The van der Waals surface area contributed by atoms with Crippen molar-refractivity contribution in [3.8, 4) is 0 Å². The number of fused-ring (bicyclic) bond motifs is 1. The van der Waals surface area contributed by atoms with Crippen molar-refractivity contribution in [3.05, 3.63) is 47.0 Å². The number of halogens is 1. The first-order valence-corrected chi connectivity index (χ1v) is 9.54. The fraction of sp³-hybridized carbons (Fsp3) is 0.368. The minimum absolute atomic E-state index is 0.109. The average molecular weight is 380 g/mol. The van der Waals surface area contributed by atoms with Gasteiger partial charge >= 0.3 is 6.09 Å². The summed E-state index contributed by atoms with van der Waals surface area (Å²) in [6, 6.07) is 10.9. The topological polar surface area (TPSA) is 55.4 Å². The Morgan fingerprint density at radius 1 is 1.16 bits per heavy atom. The van der Waals surface area contributed by atoms with Gasteiger partial charge in [0.1, 0.15) is 11.6 Å². The van der Waals surface area contributed by atoms with Gasteiger partial charge in [-0.25, -0.2) is 4.79 Å². The van der Waals surface area contributed by atoms with Gasteiger partial charge in [-0.05, 0) is 55.5 Å². The van der Waals surface area contributed by atoms with Crippen LogP contribution in [0.5, 0.6) is 0 Å². The third-order valence-electron chi connectivity index (χ3n) is 3.48. The molecular weight excluding hydrogens is 358 g/mol.